The van der Waals surface area contributed by atoms with E-state index in [0.29, 0.717) is 38.2 Å². The van der Waals surface area contributed by atoms with Crippen LogP contribution in [0.25, 0.3) is 0 Å². The molecule has 2 aromatic carbocycles. The monoisotopic (exact) mass is 470 g/mol. The van der Waals surface area contributed by atoms with Crippen LogP contribution in [0, 0.1) is 35.7 Å². The Morgan fingerprint density at radius 1 is 0.971 bits per heavy atom. The van der Waals surface area contributed by atoms with Gasteiger partial charge in [0.25, 0.3) is 0 Å². The maximum atomic E-state index is 14.4. The van der Waals surface area contributed by atoms with Crippen LogP contribution in [-0.2, 0) is 17.9 Å². The summed E-state index contributed by atoms with van der Waals surface area (Å²) in [6.45, 7) is 5.92. The molecule has 0 bridgehead atoms. The number of carbonyl (C=O) groups is 1. The molecule has 1 saturated heterocycles. The topological polar surface area (TPSA) is 50.6 Å². The van der Waals surface area contributed by atoms with Crippen molar-refractivity contribution in [1.29, 1.82) is 5.26 Å². The molecule has 0 unspecified atom stereocenters. The van der Waals surface area contributed by atoms with Crippen LogP contribution < -0.4 is 4.90 Å². The maximum absolute atomic E-state index is 14.4. The van der Waals surface area contributed by atoms with E-state index in [-0.39, 0.29) is 17.2 Å². The highest BCUT2D eigenvalue weighted by Crippen LogP contribution is 2.28. The van der Waals surface area contributed by atoms with E-state index < -0.39 is 17.5 Å². The summed E-state index contributed by atoms with van der Waals surface area (Å²) >= 11 is 0. The Balaban J connectivity index is 1.15. The predicted molar refractivity (Wildman–Crippen MR) is 124 cm³/mol. The molecule has 2 aliphatic rings. The molecule has 1 amide bonds. The van der Waals surface area contributed by atoms with E-state index in [1.807, 2.05) is 17.0 Å². The zero-order valence-corrected chi connectivity index (χ0v) is 19.4. The second-order valence-electron chi connectivity index (χ2n) is 9.11. The van der Waals surface area contributed by atoms with E-state index in [9.17, 15) is 18.0 Å². The van der Waals surface area contributed by atoms with E-state index in [1.165, 1.54) is 6.92 Å². The van der Waals surface area contributed by atoms with Crippen molar-refractivity contribution in [3.8, 4) is 6.07 Å². The highest BCUT2D eigenvalue weighted by Gasteiger charge is 2.24. The molecule has 0 N–H and O–H groups in total. The summed E-state index contributed by atoms with van der Waals surface area (Å²) in [4.78, 5) is 18.5. The fraction of sp³-hybridized carbons (Fsp3) is 0.462. The molecule has 4 rings (SSSR count). The van der Waals surface area contributed by atoms with Gasteiger partial charge in [-0.15, -0.1) is 0 Å². The zero-order valence-electron chi connectivity index (χ0n) is 19.4. The van der Waals surface area contributed by atoms with Crippen molar-refractivity contribution in [2.24, 2.45) is 0 Å². The minimum absolute atomic E-state index is 0.127. The molecule has 2 heterocycles. The second-order valence-corrected chi connectivity index (χ2v) is 9.11. The number of piperazine rings is 1. The van der Waals surface area contributed by atoms with Gasteiger partial charge in [-0.25, -0.2) is 13.2 Å². The van der Waals surface area contributed by atoms with Crippen LogP contribution >= 0.6 is 0 Å². The third-order valence-electron chi connectivity index (χ3n) is 6.84. The van der Waals surface area contributed by atoms with Crippen molar-refractivity contribution in [2.75, 3.05) is 37.6 Å². The number of rotatable bonds is 7. The van der Waals surface area contributed by atoms with Gasteiger partial charge in [-0.05, 0) is 49.6 Å². The van der Waals surface area contributed by atoms with Crippen LogP contribution in [0.2, 0.25) is 0 Å². The number of carbonyl (C=O) groups excluding carboxylic acids is 1. The van der Waals surface area contributed by atoms with Crippen LogP contribution in [0.4, 0.5) is 18.9 Å². The van der Waals surface area contributed by atoms with Crippen LogP contribution in [0.5, 0.6) is 0 Å². The molecule has 0 atom stereocenters. The lowest BCUT2D eigenvalue weighted by Crippen LogP contribution is -2.47. The van der Waals surface area contributed by atoms with Crippen LogP contribution in [-0.4, -0.2) is 48.4 Å². The normalized spacial score (nSPS) is 16.0. The maximum Gasteiger partial charge on any atom is 0.223 e. The number of hydrogen-bond acceptors (Lipinski definition) is 4. The molecule has 0 spiro atoms. The third kappa shape index (κ3) is 5.20. The standard InChI is InChI=1S/C26H29F3N4O/c1-18-25(28)22(27)14-23(26(18)29)32-11-9-31(10-12-32)8-4-2-3-5-24(34)33-16-20-7-6-19(15-30)13-21(20)17-33/h6-7,13-14H,2-5,8-12,16-17H2,1H3. The van der Waals surface area contributed by atoms with Gasteiger partial charge in [0.2, 0.25) is 5.91 Å². The van der Waals surface area contributed by atoms with Gasteiger partial charge in [0.1, 0.15) is 0 Å². The number of anilines is 1. The average Bonchev–Trinajstić information content (AvgIpc) is 3.28. The van der Waals surface area contributed by atoms with E-state index in [4.69, 9.17) is 5.26 Å². The molecule has 8 heteroatoms. The zero-order chi connectivity index (χ0) is 24.2. The van der Waals surface area contributed by atoms with Crippen molar-refractivity contribution in [2.45, 2.75) is 45.7 Å². The quantitative estimate of drug-likeness (QED) is 0.442. The smallest absolute Gasteiger partial charge is 0.223 e. The molecular weight excluding hydrogens is 441 g/mol. The lowest BCUT2D eigenvalue weighted by atomic mass is 10.1. The predicted octanol–water partition coefficient (Wildman–Crippen LogP) is 4.51. The van der Waals surface area contributed by atoms with E-state index in [1.54, 1.807) is 11.0 Å². The lowest BCUT2D eigenvalue weighted by molar-refractivity contribution is -0.131. The van der Waals surface area contributed by atoms with Gasteiger partial charge < -0.3 is 9.80 Å². The van der Waals surface area contributed by atoms with Crippen molar-refractivity contribution >= 4 is 11.6 Å². The first kappa shape index (κ1) is 24.1. The molecule has 0 aliphatic carbocycles. The number of amides is 1. The molecule has 34 heavy (non-hydrogen) atoms. The Morgan fingerprint density at radius 2 is 1.71 bits per heavy atom. The lowest BCUT2D eigenvalue weighted by Gasteiger charge is -2.36. The molecule has 180 valence electrons. The average molecular weight is 471 g/mol. The number of hydrogen-bond donors (Lipinski definition) is 0. The molecule has 1 fully saturated rings. The van der Waals surface area contributed by atoms with Crippen molar-refractivity contribution in [1.82, 2.24) is 9.80 Å². The van der Waals surface area contributed by atoms with Crippen molar-refractivity contribution < 1.29 is 18.0 Å². The van der Waals surface area contributed by atoms with Gasteiger partial charge in [-0.2, -0.15) is 5.26 Å². The molecule has 0 saturated carbocycles. The summed E-state index contributed by atoms with van der Waals surface area (Å²) in [5.41, 5.74) is 2.65. The first-order chi connectivity index (χ1) is 16.4. The summed E-state index contributed by atoms with van der Waals surface area (Å²) in [6.07, 6.45) is 3.26. The molecule has 0 aromatic heterocycles. The van der Waals surface area contributed by atoms with Crippen molar-refractivity contribution in [3.05, 3.63) is 64.0 Å². The second kappa shape index (κ2) is 10.5. The van der Waals surface area contributed by atoms with Gasteiger partial charge in [0, 0.05) is 57.3 Å². The molecule has 5 nitrogen and oxygen atoms in total. The Labute approximate surface area is 198 Å². The highest BCUT2D eigenvalue weighted by molar-refractivity contribution is 5.77. The number of nitrogens with zero attached hydrogens (tertiary/aromatic N) is 4. The molecular formula is C26H29F3N4O. The number of halogens is 3. The summed E-state index contributed by atoms with van der Waals surface area (Å²) < 4.78 is 41.7. The Hall–Kier alpha value is -3.05. The van der Waals surface area contributed by atoms with Crippen LogP contribution in [0.1, 0.15) is 47.9 Å². The Morgan fingerprint density at radius 3 is 2.44 bits per heavy atom. The van der Waals surface area contributed by atoms with Crippen LogP contribution in [0.15, 0.2) is 24.3 Å². The Kier molecular flexibility index (Phi) is 7.42. The van der Waals surface area contributed by atoms with Gasteiger partial charge in [-0.1, -0.05) is 12.5 Å². The minimum atomic E-state index is -1.12. The minimum Gasteiger partial charge on any atom is -0.367 e. The van der Waals surface area contributed by atoms with E-state index >= 15 is 0 Å². The summed E-state index contributed by atoms with van der Waals surface area (Å²) in [6, 6.07) is 8.68. The highest BCUT2D eigenvalue weighted by atomic mass is 19.2. The number of benzene rings is 2. The Bertz CT molecular complexity index is 1110. The fourth-order valence-electron chi connectivity index (χ4n) is 4.74. The first-order valence-electron chi connectivity index (χ1n) is 11.8. The van der Waals surface area contributed by atoms with Gasteiger partial charge in [0.15, 0.2) is 17.5 Å². The molecule has 2 aromatic rings. The number of unbranched alkanes of at least 4 members (excludes halogenated alkanes) is 2. The molecule has 2 aliphatic heterocycles. The summed E-state index contributed by atoms with van der Waals surface area (Å²) in [5.74, 6) is -2.69. The van der Waals surface area contributed by atoms with Gasteiger partial charge >= 0.3 is 0 Å². The van der Waals surface area contributed by atoms with Gasteiger partial charge in [0.05, 0.1) is 17.3 Å². The SMILES string of the molecule is Cc1c(F)c(F)cc(N2CCN(CCCCCC(=O)N3Cc4ccc(C#N)cc4C3)CC2)c1F. The third-order valence-corrected chi connectivity index (χ3v) is 6.84. The summed E-state index contributed by atoms with van der Waals surface area (Å²) in [7, 11) is 0. The van der Waals surface area contributed by atoms with Crippen LogP contribution in [0.3, 0.4) is 0 Å². The van der Waals surface area contributed by atoms with E-state index in [2.05, 4.69) is 11.0 Å². The fourth-order valence-corrected chi connectivity index (χ4v) is 4.74. The van der Waals surface area contributed by atoms with Crippen molar-refractivity contribution in [3.63, 3.8) is 0 Å². The number of nitriles is 1. The van der Waals surface area contributed by atoms with E-state index in [0.717, 1.165) is 56.1 Å². The summed E-state index contributed by atoms with van der Waals surface area (Å²) in [5, 5.41) is 9.03. The number of fused-ring (bicyclic) bond motifs is 1. The largest absolute Gasteiger partial charge is 0.367 e. The van der Waals surface area contributed by atoms with Gasteiger partial charge in [-0.3, -0.25) is 9.69 Å². The first-order valence-corrected chi connectivity index (χ1v) is 11.8. The molecule has 0 radical (unpaired) electrons.